The van der Waals surface area contributed by atoms with E-state index in [1.54, 1.807) is 40.7 Å². The van der Waals surface area contributed by atoms with Crippen LogP contribution in [0.2, 0.25) is 0 Å². The van der Waals surface area contributed by atoms with Gasteiger partial charge in [-0.1, -0.05) is 0 Å². The number of hydrogen-bond acceptors (Lipinski definition) is 5. The first kappa shape index (κ1) is 16.1. The molecule has 0 radical (unpaired) electrons. The van der Waals surface area contributed by atoms with Crippen molar-refractivity contribution in [3.8, 4) is 0 Å². The Morgan fingerprint density at radius 2 is 2.00 bits per heavy atom. The zero-order chi connectivity index (χ0) is 17.1. The molecule has 1 fully saturated rings. The molecule has 1 saturated heterocycles. The summed E-state index contributed by atoms with van der Waals surface area (Å²) in [6, 6.07) is 6.97. The molecule has 124 valence electrons. The minimum absolute atomic E-state index is 0.0958. The second-order valence-corrected chi connectivity index (χ2v) is 6.35. The number of carbonyl (C=O) groups excluding carboxylic acids is 3. The standard InChI is InChI=1S/C16H16N4O3S/c1-10(21)18-12-2-4-13(5-3-12)20-9-11(8-14(20)22)15(23)19-16-17-6-7-24-16/h2-7,11H,8-9H2,1H3,(H,18,21)(H,17,19,23). The van der Waals surface area contributed by atoms with Gasteiger partial charge in [0.2, 0.25) is 17.7 Å². The summed E-state index contributed by atoms with van der Waals surface area (Å²) in [5.74, 6) is -0.854. The lowest BCUT2D eigenvalue weighted by Gasteiger charge is -2.17. The normalized spacial score (nSPS) is 17.0. The summed E-state index contributed by atoms with van der Waals surface area (Å²) in [6.07, 6.45) is 1.79. The van der Waals surface area contributed by atoms with Gasteiger partial charge in [0.05, 0.1) is 5.92 Å². The highest BCUT2D eigenvalue weighted by molar-refractivity contribution is 7.13. The van der Waals surface area contributed by atoms with Crippen LogP contribution in [-0.4, -0.2) is 29.3 Å². The second-order valence-electron chi connectivity index (χ2n) is 5.46. The molecule has 0 bridgehead atoms. The molecule has 7 nitrogen and oxygen atoms in total. The lowest BCUT2D eigenvalue weighted by molar-refractivity contribution is -0.122. The Morgan fingerprint density at radius 1 is 1.25 bits per heavy atom. The van der Waals surface area contributed by atoms with Gasteiger partial charge in [-0.2, -0.15) is 0 Å². The molecule has 1 aliphatic rings. The van der Waals surface area contributed by atoms with Gasteiger partial charge in [-0.05, 0) is 24.3 Å². The predicted octanol–water partition coefficient (Wildman–Crippen LogP) is 2.09. The minimum atomic E-state index is -0.406. The van der Waals surface area contributed by atoms with Crippen molar-refractivity contribution in [3.63, 3.8) is 0 Å². The Morgan fingerprint density at radius 3 is 2.62 bits per heavy atom. The molecule has 0 spiro atoms. The van der Waals surface area contributed by atoms with Crippen molar-refractivity contribution in [1.82, 2.24) is 4.98 Å². The summed E-state index contributed by atoms with van der Waals surface area (Å²) in [4.78, 5) is 41.1. The van der Waals surface area contributed by atoms with Crippen LogP contribution in [0.15, 0.2) is 35.8 Å². The van der Waals surface area contributed by atoms with Crippen LogP contribution >= 0.6 is 11.3 Å². The highest BCUT2D eigenvalue weighted by Gasteiger charge is 2.35. The summed E-state index contributed by atoms with van der Waals surface area (Å²) < 4.78 is 0. The van der Waals surface area contributed by atoms with Gasteiger partial charge in [0.15, 0.2) is 5.13 Å². The first-order chi connectivity index (χ1) is 11.5. The zero-order valence-corrected chi connectivity index (χ0v) is 13.8. The first-order valence-corrected chi connectivity index (χ1v) is 8.29. The lowest BCUT2D eigenvalue weighted by atomic mass is 10.1. The predicted molar refractivity (Wildman–Crippen MR) is 91.9 cm³/mol. The average Bonchev–Trinajstić information content (AvgIpc) is 3.17. The molecule has 1 aliphatic heterocycles. The Balaban J connectivity index is 1.66. The lowest BCUT2D eigenvalue weighted by Crippen LogP contribution is -2.28. The van der Waals surface area contributed by atoms with E-state index in [1.165, 1.54) is 18.3 Å². The van der Waals surface area contributed by atoms with Crippen LogP contribution in [-0.2, 0) is 14.4 Å². The van der Waals surface area contributed by atoms with Crippen LogP contribution in [0.5, 0.6) is 0 Å². The molecular formula is C16H16N4O3S. The van der Waals surface area contributed by atoms with E-state index in [9.17, 15) is 14.4 Å². The first-order valence-electron chi connectivity index (χ1n) is 7.41. The number of anilines is 3. The Kier molecular flexibility index (Phi) is 4.57. The van der Waals surface area contributed by atoms with Crippen molar-refractivity contribution >= 4 is 45.6 Å². The zero-order valence-electron chi connectivity index (χ0n) is 13.0. The molecule has 0 saturated carbocycles. The highest BCUT2D eigenvalue weighted by atomic mass is 32.1. The summed E-state index contributed by atoms with van der Waals surface area (Å²) in [7, 11) is 0. The fourth-order valence-corrected chi connectivity index (χ4v) is 3.09. The van der Waals surface area contributed by atoms with Gasteiger partial charge in [-0.3, -0.25) is 14.4 Å². The molecule has 8 heteroatoms. The number of nitrogens with zero attached hydrogens (tertiary/aromatic N) is 2. The van der Waals surface area contributed by atoms with Gasteiger partial charge in [0.25, 0.3) is 0 Å². The van der Waals surface area contributed by atoms with Crippen molar-refractivity contribution in [1.29, 1.82) is 0 Å². The number of hydrogen-bond donors (Lipinski definition) is 2. The molecule has 1 unspecified atom stereocenters. The van der Waals surface area contributed by atoms with E-state index >= 15 is 0 Å². The van der Waals surface area contributed by atoms with E-state index in [-0.39, 0.29) is 24.1 Å². The topological polar surface area (TPSA) is 91.4 Å². The largest absolute Gasteiger partial charge is 0.326 e. The maximum atomic E-state index is 12.2. The van der Waals surface area contributed by atoms with E-state index in [4.69, 9.17) is 0 Å². The Hall–Kier alpha value is -2.74. The van der Waals surface area contributed by atoms with Crippen molar-refractivity contribution in [2.24, 2.45) is 5.92 Å². The van der Waals surface area contributed by atoms with Crippen molar-refractivity contribution in [3.05, 3.63) is 35.8 Å². The van der Waals surface area contributed by atoms with Crippen LogP contribution < -0.4 is 15.5 Å². The molecule has 2 N–H and O–H groups in total. The molecule has 1 aromatic heterocycles. The van der Waals surface area contributed by atoms with Crippen LogP contribution in [0.25, 0.3) is 0 Å². The van der Waals surface area contributed by atoms with Gasteiger partial charge >= 0.3 is 0 Å². The monoisotopic (exact) mass is 344 g/mol. The third-order valence-corrected chi connectivity index (χ3v) is 4.35. The number of nitrogens with one attached hydrogen (secondary N) is 2. The van der Waals surface area contributed by atoms with Gasteiger partial charge < -0.3 is 15.5 Å². The highest BCUT2D eigenvalue weighted by Crippen LogP contribution is 2.27. The van der Waals surface area contributed by atoms with Crippen molar-refractivity contribution in [2.45, 2.75) is 13.3 Å². The smallest absolute Gasteiger partial charge is 0.231 e. The fourth-order valence-electron chi connectivity index (χ4n) is 2.55. The van der Waals surface area contributed by atoms with Gasteiger partial charge in [-0.15, -0.1) is 11.3 Å². The molecule has 3 amide bonds. The minimum Gasteiger partial charge on any atom is -0.326 e. The number of amides is 3. The van der Waals surface area contributed by atoms with E-state index in [2.05, 4.69) is 15.6 Å². The van der Waals surface area contributed by atoms with E-state index < -0.39 is 5.92 Å². The molecule has 0 aliphatic carbocycles. The summed E-state index contributed by atoms with van der Waals surface area (Å²) in [5, 5.41) is 7.71. The second kappa shape index (κ2) is 6.79. The number of benzene rings is 1. The Labute approximate surface area is 142 Å². The molecular weight excluding hydrogens is 328 g/mol. The van der Waals surface area contributed by atoms with E-state index in [0.29, 0.717) is 23.1 Å². The van der Waals surface area contributed by atoms with Gasteiger partial charge in [-0.25, -0.2) is 4.98 Å². The molecule has 2 heterocycles. The van der Waals surface area contributed by atoms with Crippen LogP contribution in [0.1, 0.15) is 13.3 Å². The number of thiazole rings is 1. The Bertz CT molecular complexity index is 758. The van der Waals surface area contributed by atoms with Gasteiger partial charge in [0, 0.05) is 42.8 Å². The van der Waals surface area contributed by atoms with E-state index in [0.717, 1.165) is 0 Å². The van der Waals surface area contributed by atoms with Crippen LogP contribution in [0.3, 0.4) is 0 Å². The maximum absolute atomic E-state index is 12.2. The summed E-state index contributed by atoms with van der Waals surface area (Å²) in [5.41, 5.74) is 1.37. The van der Waals surface area contributed by atoms with E-state index in [1.807, 2.05) is 0 Å². The molecule has 1 aromatic carbocycles. The maximum Gasteiger partial charge on any atom is 0.231 e. The van der Waals surface area contributed by atoms with Crippen LogP contribution in [0.4, 0.5) is 16.5 Å². The molecule has 2 aromatic rings. The molecule has 1 atom stereocenters. The average molecular weight is 344 g/mol. The molecule has 3 rings (SSSR count). The number of aromatic nitrogens is 1. The number of carbonyl (C=O) groups is 3. The summed E-state index contributed by atoms with van der Waals surface area (Å²) >= 11 is 1.34. The quantitative estimate of drug-likeness (QED) is 0.888. The third-order valence-electron chi connectivity index (χ3n) is 3.66. The summed E-state index contributed by atoms with van der Waals surface area (Å²) in [6.45, 7) is 1.76. The SMILES string of the molecule is CC(=O)Nc1ccc(N2CC(C(=O)Nc3nccs3)CC2=O)cc1. The van der Waals surface area contributed by atoms with Crippen molar-refractivity contribution in [2.75, 3.05) is 22.1 Å². The van der Waals surface area contributed by atoms with Crippen LogP contribution in [0, 0.1) is 5.92 Å². The number of rotatable bonds is 4. The fraction of sp³-hybridized carbons (Fsp3) is 0.250. The third kappa shape index (κ3) is 3.60. The molecule has 24 heavy (non-hydrogen) atoms. The van der Waals surface area contributed by atoms with Gasteiger partial charge in [0.1, 0.15) is 0 Å². The van der Waals surface area contributed by atoms with Crippen molar-refractivity contribution < 1.29 is 14.4 Å².